The first-order valence-electron chi connectivity index (χ1n) is 11.6. The maximum Gasteiger partial charge on any atom is 0.255 e. The Labute approximate surface area is 207 Å². The summed E-state index contributed by atoms with van der Waals surface area (Å²) < 4.78 is 12.5. The number of nitrogens with one attached hydrogen (secondary N) is 2. The van der Waals surface area contributed by atoms with Gasteiger partial charge in [-0.3, -0.25) is 14.4 Å². The standard InChI is InChI=1S/C24H28ClN7O3/c1-15(14-34-2)28-24(33)18-12-26-23-22(18)29-19(13-27-23)21-17-4-3-16(25)11-20(17)32(30-21)6-5-31-7-9-35-10-8-31/h3-4,11-13,15H,5-10,14H2,1-2H3,(H,26,27)(H,28,33). The lowest BCUT2D eigenvalue weighted by molar-refractivity contribution is 0.0361. The molecule has 11 heteroatoms. The number of benzene rings is 1. The van der Waals surface area contributed by atoms with Crippen LogP contribution in [0.3, 0.4) is 0 Å². The van der Waals surface area contributed by atoms with E-state index in [-0.39, 0.29) is 11.9 Å². The lowest BCUT2D eigenvalue weighted by Gasteiger charge is -2.26. The molecule has 0 aliphatic carbocycles. The maximum absolute atomic E-state index is 12.8. The molecule has 1 amide bonds. The second kappa shape index (κ2) is 10.3. The van der Waals surface area contributed by atoms with Crippen LogP contribution in [0, 0.1) is 0 Å². The lowest BCUT2D eigenvalue weighted by atomic mass is 10.1. The number of aromatic amines is 1. The van der Waals surface area contributed by atoms with E-state index in [0.717, 1.165) is 43.8 Å². The molecular weight excluding hydrogens is 470 g/mol. The topological polar surface area (TPSA) is 110 Å². The van der Waals surface area contributed by atoms with E-state index < -0.39 is 0 Å². The number of aromatic nitrogens is 5. The molecule has 1 atom stereocenters. The average Bonchev–Trinajstić information content (AvgIpc) is 3.44. The Morgan fingerprint density at radius 2 is 2.14 bits per heavy atom. The molecule has 3 aromatic heterocycles. The van der Waals surface area contributed by atoms with Gasteiger partial charge in [0, 0.05) is 49.4 Å². The minimum absolute atomic E-state index is 0.135. The summed E-state index contributed by atoms with van der Waals surface area (Å²) in [6, 6.07) is 5.59. The first-order chi connectivity index (χ1) is 17.0. The van der Waals surface area contributed by atoms with Gasteiger partial charge in [-0.1, -0.05) is 11.6 Å². The smallest absolute Gasteiger partial charge is 0.255 e. The van der Waals surface area contributed by atoms with Gasteiger partial charge in [0.2, 0.25) is 0 Å². The number of halogens is 1. The van der Waals surface area contributed by atoms with Gasteiger partial charge in [-0.25, -0.2) is 9.97 Å². The molecule has 5 rings (SSSR count). The minimum atomic E-state index is -0.236. The third-order valence-electron chi connectivity index (χ3n) is 6.11. The summed E-state index contributed by atoms with van der Waals surface area (Å²) in [4.78, 5) is 27.5. The Morgan fingerprint density at radius 1 is 1.31 bits per heavy atom. The Morgan fingerprint density at radius 3 is 2.94 bits per heavy atom. The number of H-pyrrole nitrogens is 1. The molecule has 10 nitrogen and oxygen atoms in total. The summed E-state index contributed by atoms with van der Waals surface area (Å²) >= 11 is 6.32. The van der Waals surface area contributed by atoms with Crippen molar-refractivity contribution in [1.29, 1.82) is 0 Å². The number of hydrogen-bond donors (Lipinski definition) is 2. The van der Waals surface area contributed by atoms with Gasteiger partial charge >= 0.3 is 0 Å². The molecule has 1 aromatic carbocycles. The Hall–Kier alpha value is -3.05. The molecule has 1 fully saturated rings. The fraction of sp³-hybridized carbons (Fsp3) is 0.417. The Kier molecular flexibility index (Phi) is 6.96. The van der Waals surface area contributed by atoms with Gasteiger partial charge in [0.15, 0.2) is 5.65 Å². The molecule has 0 bridgehead atoms. The van der Waals surface area contributed by atoms with E-state index in [1.807, 2.05) is 29.8 Å². The second-order valence-electron chi connectivity index (χ2n) is 8.67. The van der Waals surface area contributed by atoms with E-state index in [2.05, 4.69) is 20.2 Å². The van der Waals surface area contributed by atoms with Crippen LogP contribution in [0.15, 0.2) is 30.6 Å². The summed E-state index contributed by atoms with van der Waals surface area (Å²) in [6.07, 6.45) is 3.30. The van der Waals surface area contributed by atoms with E-state index in [1.54, 1.807) is 19.5 Å². The van der Waals surface area contributed by atoms with Crippen molar-refractivity contribution in [3.05, 3.63) is 41.2 Å². The van der Waals surface area contributed by atoms with Crippen LogP contribution in [0.5, 0.6) is 0 Å². The largest absolute Gasteiger partial charge is 0.383 e. The van der Waals surface area contributed by atoms with Crippen molar-refractivity contribution in [2.45, 2.75) is 19.5 Å². The van der Waals surface area contributed by atoms with Crippen LogP contribution in [0.25, 0.3) is 33.5 Å². The van der Waals surface area contributed by atoms with Crippen molar-refractivity contribution in [3.63, 3.8) is 0 Å². The molecule has 4 heterocycles. The van der Waals surface area contributed by atoms with Crippen LogP contribution in [-0.4, -0.2) is 88.1 Å². The fourth-order valence-electron chi connectivity index (χ4n) is 4.34. The van der Waals surface area contributed by atoms with Gasteiger partial charge in [0.05, 0.1) is 43.6 Å². The van der Waals surface area contributed by atoms with Crippen molar-refractivity contribution >= 4 is 39.6 Å². The molecule has 0 saturated carbocycles. The van der Waals surface area contributed by atoms with Crippen molar-refractivity contribution in [2.75, 3.05) is 46.6 Å². The zero-order valence-electron chi connectivity index (χ0n) is 19.8. The highest BCUT2D eigenvalue weighted by atomic mass is 35.5. The molecule has 1 aliphatic heterocycles. The summed E-state index contributed by atoms with van der Waals surface area (Å²) in [5.74, 6) is -0.236. The zero-order valence-corrected chi connectivity index (χ0v) is 20.5. The predicted octanol–water partition coefficient (Wildman–Crippen LogP) is 2.72. The van der Waals surface area contributed by atoms with Gasteiger partial charge in [0.1, 0.15) is 16.9 Å². The number of ether oxygens (including phenoxy) is 2. The monoisotopic (exact) mass is 497 g/mol. The van der Waals surface area contributed by atoms with Gasteiger partial charge in [0.25, 0.3) is 5.91 Å². The van der Waals surface area contributed by atoms with E-state index in [1.165, 1.54) is 0 Å². The van der Waals surface area contributed by atoms with E-state index in [9.17, 15) is 4.79 Å². The molecular formula is C24H28ClN7O3. The van der Waals surface area contributed by atoms with Crippen LogP contribution < -0.4 is 5.32 Å². The normalized spacial score (nSPS) is 15.6. The maximum atomic E-state index is 12.8. The van der Waals surface area contributed by atoms with Crippen molar-refractivity contribution < 1.29 is 14.3 Å². The summed E-state index contributed by atoms with van der Waals surface area (Å²) in [5, 5.41) is 9.39. The van der Waals surface area contributed by atoms with E-state index >= 15 is 0 Å². The molecule has 184 valence electrons. The van der Waals surface area contributed by atoms with Crippen molar-refractivity contribution in [1.82, 2.24) is 34.9 Å². The van der Waals surface area contributed by atoms with Gasteiger partial charge in [-0.15, -0.1) is 0 Å². The highest BCUT2D eigenvalue weighted by Gasteiger charge is 2.20. The van der Waals surface area contributed by atoms with Gasteiger partial charge < -0.3 is 19.8 Å². The molecule has 1 unspecified atom stereocenters. The Balaban J connectivity index is 1.49. The van der Waals surface area contributed by atoms with E-state index in [0.29, 0.717) is 46.3 Å². The summed E-state index contributed by atoms with van der Waals surface area (Å²) in [6.45, 7) is 7.20. The minimum Gasteiger partial charge on any atom is -0.383 e. The fourth-order valence-corrected chi connectivity index (χ4v) is 4.51. The number of methoxy groups -OCH3 is 1. The number of carbonyl (C=O) groups excluding carboxylic acids is 1. The van der Waals surface area contributed by atoms with Crippen LogP contribution in [0.1, 0.15) is 17.3 Å². The first kappa shape index (κ1) is 23.7. The molecule has 2 N–H and O–H groups in total. The number of rotatable bonds is 8. The van der Waals surface area contributed by atoms with Crippen LogP contribution in [0.2, 0.25) is 5.02 Å². The van der Waals surface area contributed by atoms with Crippen molar-refractivity contribution in [3.8, 4) is 11.4 Å². The molecule has 0 spiro atoms. The van der Waals surface area contributed by atoms with E-state index in [4.69, 9.17) is 31.2 Å². The average molecular weight is 498 g/mol. The third-order valence-corrected chi connectivity index (χ3v) is 6.34. The molecule has 0 radical (unpaired) electrons. The summed E-state index contributed by atoms with van der Waals surface area (Å²) in [7, 11) is 1.60. The zero-order chi connectivity index (χ0) is 24.4. The summed E-state index contributed by atoms with van der Waals surface area (Å²) in [5.41, 5.74) is 3.69. The van der Waals surface area contributed by atoms with Crippen LogP contribution >= 0.6 is 11.6 Å². The molecule has 1 aliphatic rings. The molecule has 35 heavy (non-hydrogen) atoms. The number of fused-ring (bicyclic) bond motifs is 2. The lowest BCUT2D eigenvalue weighted by Crippen LogP contribution is -2.38. The molecule has 1 saturated heterocycles. The Bertz CT molecular complexity index is 1350. The van der Waals surface area contributed by atoms with Crippen molar-refractivity contribution in [2.24, 2.45) is 0 Å². The van der Waals surface area contributed by atoms with Gasteiger partial charge in [-0.05, 0) is 25.1 Å². The molecule has 4 aromatic rings. The number of carbonyl (C=O) groups is 1. The van der Waals surface area contributed by atoms with Gasteiger partial charge in [-0.2, -0.15) is 5.10 Å². The highest BCUT2D eigenvalue weighted by molar-refractivity contribution is 6.31. The number of morpholine rings is 1. The quantitative estimate of drug-likeness (QED) is 0.385. The second-order valence-corrected chi connectivity index (χ2v) is 9.11. The number of nitrogens with zero attached hydrogens (tertiary/aromatic N) is 5. The SMILES string of the molecule is COCC(C)NC(=O)c1c[nH]c2ncc(-c3nn(CCN4CCOCC4)c4cc(Cl)ccc34)nc12. The highest BCUT2D eigenvalue weighted by Crippen LogP contribution is 2.30. The number of amides is 1. The first-order valence-corrected chi connectivity index (χ1v) is 12.0. The van der Waals surface area contributed by atoms with Crippen LogP contribution in [-0.2, 0) is 16.0 Å². The predicted molar refractivity (Wildman–Crippen MR) is 134 cm³/mol. The third kappa shape index (κ3) is 5.01. The number of hydrogen-bond acceptors (Lipinski definition) is 7. The van der Waals surface area contributed by atoms with Crippen LogP contribution in [0.4, 0.5) is 0 Å².